The van der Waals surface area contributed by atoms with Crippen LogP contribution >= 0.6 is 39.5 Å². The maximum atomic E-state index is 12.2. The summed E-state index contributed by atoms with van der Waals surface area (Å²) in [5.74, 6) is 2.80. The smallest absolute Gasteiger partial charge is 0.197 e. The van der Waals surface area contributed by atoms with Gasteiger partial charge in [0.15, 0.2) is 5.78 Å². The van der Waals surface area contributed by atoms with Crippen LogP contribution in [0.15, 0.2) is 27.3 Å². The third-order valence-electron chi connectivity index (χ3n) is 3.66. The lowest BCUT2D eigenvalue weighted by Crippen LogP contribution is -2.31. The predicted octanol–water partition coefficient (Wildman–Crippen LogP) is 4.63. The zero-order chi connectivity index (χ0) is 14.9. The molecule has 3 nitrogen and oxygen atoms in total. The number of thioether (sulfide) groups is 2. The summed E-state index contributed by atoms with van der Waals surface area (Å²) in [4.78, 5) is 12.2. The monoisotopic (exact) mass is 373 g/mol. The third kappa shape index (κ3) is 3.57. The molecule has 1 aliphatic heterocycles. The molecule has 0 bridgehead atoms. The number of carbonyl (C=O) groups excluding carboxylic acids is 1. The number of rotatable bonds is 2. The van der Waals surface area contributed by atoms with Crippen LogP contribution < -0.4 is 0 Å². The van der Waals surface area contributed by atoms with Crippen LogP contribution in [0.2, 0.25) is 0 Å². The first-order valence-corrected chi connectivity index (χ1v) is 9.43. The zero-order valence-corrected chi connectivity index (χ0v) is 15.0. The van der Waals surface area contributed by atoms with Gasteiger partial charge < -0.3 is 10.6 Å². The summed E-state index contributed by atoms with van der Waals surface area (Å²) in [6, 6.07) is -0.418. The van der Waals surface area contributed by atoms with Crippen LogP contribution in [0.3, 0.4) is 0 Å². The Morgan fingerprint density at radius 3 is 2.40 bits per heavy atom. The van der Waals surface area contributed by atoms with Crippen molar-refractivity contribution in [3.63, 3.8) is 0 Å². The molecular formula is C14H18BrN2OS2-. The number of ketones is 1. The molecule has 2 rings (SSSR count). The largest absolute Gasteiger partial charge is 0.711 e. The van der Waals surface area contributed by atoms with E-state index in [0.717, 1.165) is 17.1 Å². The average molecular weight is 374 g/mol. The van der Waals surface area contributed by atoms with Crippen molar-refractivity contribution >= 4 is 45.2 Å². The molecule has 1 saturated heterocycles. The first-order valence-electron chi connectivity index (χ1n) is 6.54. The van der Waals surface area contributed by atoms with Gasteiger partial charge in [-0.1, -0.05) is 20.8 Å². The second-order valence-corrected chi connectivity index (χ2v) is 9.56. The molecule has 0 saturated carbocycles. The molecular weight excluding hydrogens is 356 g/mol. The molecule has 0 radical (unpaired) electrons. The van der Waals surface area contributed by atoms with Gasteiger partial charge in [0.1, 0.15) is 0 Å². The van der Waals surface area contributed by atoms with E-state index in [1.807, 2.05) is 23.5 Å². The molecule has 0 aromatic heterocycles. The molecule has 1 heterocycles. The molecule has 1 aliphatic carbocycles. The Bertz CT molecular complexity index is 474. The van der Waals surface area contributed by atoms with Crippen LogP contribution in [0.1, 0.15) is 20.8 Å². The summed E-state index contributed by atoms with van der Waals surface area (Å²) >= 11 is 6.92. The molecule has 0 aromatic rings. The van der Waals surface area contributed by atoms with E-state index < -0.39 is 6.04 Å². The maximum Gasteiger partial charge on any atom is 0.197 e. The Labute approximate surface area is 137 Å². The summed E-state index contributed by atoms with van der Waals surface area (Å²) in [7, 11) is 0. The summed E-state index contributed by atoms with van der Waals surface area (Å²) in [5, 5.41) is 3.28. The number of hydrogen-bond donors (Lipinski definition) is 0. The Hall–Kier alpha value is -0.0700. The van der Waals surface area contributed by atoms with E-state index in [1.54, 1.807) is 12.2 Å². The molecule has 110 valence electrons. The normalized spacial score (nSPS) is 31.6. The van der Waals surface area contributed by atoms with Crippen molar-refractivity contribution in [3.05, 3.63) is 27.7 Å². The zero-order valence-electron chi connectivity index (χ0n) is 11.8. The van der Waals surface area contributed by atoms with Gasteiger partial charge >= 0.3 is 0 Å². The lowest BCUT2D eigenvalue weighted by molar-refractivity contribution is -0.111. The second kappa shape index (κ2) is 6.36. The van der Waals surface area contributed by atoms with Gasteiger partial charge in [-0.3, -0.25) is 4.79 Å². The minimum Gasteiger partial charge on any atom is -0.711 e. The number of hydrogen-bond acceptors (Lipinski definition) is 4. The standard InChI is InChI=1S/C14H18BrN2OS2/c1-14(2,3)8-6-19-13(20-7-8)10-4-9(17-16)5-11(15)12(10)18/h4-5,8-9,13H,6-7H2,1-3H3/q-1. The second-order valence-electron chi connectivity index (χ2n) is 6.13. The van der Waals surface area contributed by atoms with Crippen LogP contribution in [0, 0.1) is 11.3 Å². The van der Waals surface area contributed by atoms with Crippen LogP contribution in [-0.2, 0) is 4.79 Å². The van der Waals surface area contributed by atoms with Gasteiger partial charge in [-0.15, -0.1) is 23.5 Å². The fourth-order valence-electron chi connectivity index (χ4n) is 2.11. The van der Waals surface area contributed by atoms with Crippen LogP contribution in [-0.4, -0.2) is 27.9 Å². The summed E-state index contributed by atoms with van der Waals surface area (Å²) in [5.41, 5.74) is 10.0. The van der Waals surface area contributed by atoms with Crippen molar-refractivity contribution in [3.8, 4) is 0 Å². The first-order chi connectivity index (χ1) is 9.32. The Balaban J connectivity index is 2.08. The van der Waals surface area contributed by atoms with Crippen molar-refractivity contribution in [1.29, 1.82) is 0 Å². The van der Waals surface area contributed by atoms with Crippen molar-refractivity contribution < 1.29 is 4.79 Å². The highest BCUT2D eigenvalue weighted by Gasteiger charge is 2.35. The van der Waals surface area contributed by atoms with Crippen LogP contribution in [0.4, 0.5) is 0 Å². The van der Waals surface area contributed by atoms with Gasteiger partial charge in [-0.05, 0) is 50.9 Å². The number of halogens is 1. The molecule has 0 amide bonds. The van der Waals surface area contributed by atoms with Crippen molar-refractivity contribution in [2.24, 2.45) is 16.4 Å². The van der Waals surface area contributed by atoms with Crippen LogP contribution in [0.25, 0.3) is 5.53 Å². The minimum atomic E-state index is -0.418. The highest BCUT2D eigenvalue weighted by atomic mass is 79.9. The quantitative estimate of drug-likeness (QED) is 0.662. The van der Waals surface area contributed by atoms with Gasteiger partial charge in [0, 0.05) is 5.57 Å². The minimum absolute atomic E-state index is 0.0177. The van der Waals surface area contributed by atoms with E-state index in [1.165, 1.54) is 0 Å². The molecule has 1 fully saturated rings. The third-order valence-corrected chi connectivity index (χ3v) is 7.40. The maximum absolute atomic E-state index is 12.2. The van der Waals surface area contributed by atoms with Gasteiger partial charge in [0.25, 0.3) is 0 Å². The molecule has 0 aromatic carbocycles. The van der Waals surface area contributed by atoms with E-state index in [9.17, 15) is 4.79 Å². The molecule has 2 aliphatic rings. The highest BCUT2D eigenvalue weighted by Crippen LogP contribution is 2.45. The number of Topliss-reactive ketones (excluding diaryl/α,β-unsaturated/α-hetero) is 1. The van der Waals surface area contributed by atoms with E-state index in [2.05, 4.69) is 41.8 Å². The molecule has 6 heteroatoms. The fraction of sp³-hybridized carbons (Fsp3) is 0.643. The lowest BCUT2D eigenvalue weighted by Gasteiger charge is -2.37. The van der Waals surface area contributed by atoms with E-state index in [4.69, 9.17) is 5.53 Å². The van der Waals surface area contributed by atoms with Gasteiger partial charge in [0.2, 0.25) is 0 Å². The highest BCUT2D eigenvalue weighted by molar-refractivity contribution is 9.12. The van der Waals surface area contributed by atoms with Crippen molar-refractivity contribution in [1.82, 2.24) is 0 Å². The predicted molar refractivity (Wildman–Crippen MR) is 91.3 cm³/mol. The molecule has 1 unspecified atom stereocenters. The molecule has 0 N–H and O–H groups in total. The summed E-state index contributed by atoms with van der Waals surface area (Å²) in [6.45, 7) is 6.80. The molecule has 1 atom stereocenters. The summed E-state index contributed by atoms with van der Waals surface area (Å²) < 4.78 is 0.642. The number of nitrogens with zero attached hydrogens (tertiary/aromatic N) is 2. The average Bonchev–Trinajstić information content (AvgIpc) is 2.41. The van der Waals surface area contributed by atoms with E-state index >= 15 is 0 Å². The summed E-state index contributed by atoms with van der Waals surface area (Å²) in [6.07, 6.45) is 3.40. The lowest BCUT2D eigenvalue weighted by atomic mass is 9.83. The van der Waals surface area contributed by atoms with Gasteiger partial charge in [-0.2, -0.15) is 0 Å². The van der Waals surface area contributed by atoms with Gasteiger partial charge in [-0.25, -0.2) is 0 Å². The van der Waals surface area contributed by atoms with Crippen molar-refractivity contribution in [2.75, 3.05) is 11.5 Å². The van der Waals surface area contributed by atoms with E-state index in [-0.39, 0.29) is 10.4 Å². The van der Waals surface area contributed by atoms with Gasteiger partial charge in [0.05, 0.1) is 15.1 Å². The Morgan fingerprint density at radius 2 is 1.90 bits per heavy atom. The Morgan fingerprint density at radius 1 is 1.30 bits per heavy atom. The fourth-order valence-corrected chi connectivity index (χ4v) is 6.39. The molecule has 0 spiro atoms. The SMILES string of the molecule is CC(C)(C)C1CSC(C2=CC(N=[N-])C=C(Br)C2=O)SC1. The van der Waals surface area contributed by atoms with Crippen LogP contribution in [0.5, 0.6) is 0 Å². The van der Waals surface area contributed by atoms with E-state index in [0.29, 0.717) is 15.8 Å². The topological polar surface area (TPSA) is 51.7 Å². The first kappa shape index (κ1) is 16.3. The number of carbonyl (C=O) groups is 1. The number of allylic oxidation sites excluding steroid dienone is 1. The Kier molecular flexibility index (Phi) is 5.19. The molecule has 20 heavy (non-hydrogen) atoms. The van der Waals surface area contributed by atoms with Crippen molar-refractivity contribution in [2.45, 2.75) is 31.4 Å².